The zero-order chi connectivity index (χ0) is 16.0. The predicted molar refractivity (Wildman–Crippen MR) is 74.9 cm³/mol. The Hall–Kier alpha value is -1.83. The second-order valence-electron chi connectivity index (χ2n) is 4.98. The first-order valence-electron chi connectivity index (χ1n) is 6.96. The van der Waals surface area contributed by atoms with E-state index in [4.69, 9.17) is 4.74 Å². The number of urea groups is 1. The number of rotatable bonds is 6. The Morgan fingerprint density at radius 3 is 2.57 bits per heavy atom. The zero-order valence-corrected chi connectivity index (χ0v) is 12.7. The maximum atomic E-state index is 12.5. The predicted octanol–water partition coefficient (Wildman–Crippen LogP) is -0.262. The van der Waals surface area contributed by atoms with E-state index < -0.39 is 18.0 Å². The summed E-state index contributed by atoms with van der Waals surface area (Å²) in [4.78, 5) is 37.9. The summed E-state index contributed by atoms with van der Waals surface area (Å²) >= 11 is 0. The SMILES string of the molecule is CCCN(CC(=O)NC)C(=O)N1CC(OC)CC1C(=O)O. The van der Waals surface area contributed by atoms with Crippen molar-refractivity contribution in [2.75, 3.05) is 33.8 Å². The minimum atomic E-state index is -1.06. The van der Waals surface area contributed by atoms with Crippen LogP contribution in [0.25, 0.3) is 0 Å². The van der Waals surface area contributed by atoms with Crippen molar-refractivity contribution >= 4 is 17.9 Å². The highest BCUT2D eigenvalue weighted by atomic mass is 16.5. The Morgan fingerprint density at radius 1 is 1.43 bits per heavy atom. The van der Waals surface area contributed by atoms with E-state index in [2.05, 4.69) is 5.32 Å². The van der Waals surface area contributed by atoms with Crippen molar-refractivity contribution in [1.29, 1.82) is 0 Å². The lowest BCUT2D eigenvalue weighted by molar-refractivity contribution is -0.141. The molecule has 8 heteroatoms. The molecule has 120 valence electrons. The lowest BCUT2D eigenvalue weighted by Gasteiger charge is -2.29. The number of likely N-dealkylation sites (N-methyl/N-ethyl adjacent to an activating group) is 1. The molecule has 0 aromatic rings. The Balaban J connectivity index is 2.85. The number of nitrogens with one attached hydrogen (secondary N) is 1. The van der Waals surface area contributed by atoms with E-state index >= 15 is 0 Å². The van der Waals surface area contributed by atoms with Gasteiger partial charge in [0.25, 0.3) is 0 Å². The number of hydrogen-bond donors (Lipinski definition) is 2. The molecule has 21 heavy (non-hydrogen) atoms. The maximum Gasteiger partial charge on any atom is 0.326 e. The quantitative estimate of drug-likeness (QED) is 0.704. The molecule has 0 radical (unpaired) electrons. The standard InChI is InChI=1S/C13H23N3O5/c1-4-5-15(8-11(17)14-2)13(20)16-7-9(21-3)6-10(16)12(18)19/h9-10H,4-8H2,1-3H3,(H,14,17)(H,18,19). The van der Waals surface area contributed by atoms with Crippen molar-refractivity contribution in [2.24, 2.45) is 0 Å². The summed E-state index contributed by atoms with van der Waals surface area (Å²) in [5.74, 6) is -1.34. The van der Waals surface area contributed by atoms with Crippen molar-refractivity contribution in [3.63, 3.8) is 0 Å². The van der Waals surface area contributed by atoms with Gasteiger partial charge in [0.05, 0.1) is 6.10 Å². The molecule has 1 fully saturated rings. The number of methoxy groups -OCH3 is 1. The summed E-state index contributed by atoms with van der Waals surface area (Å²) in [6.07, 6.45) is 0.651. The molecule has 0 spiro atoms. The van der Waals surface area contributed by atoms with Gasteiger partial charge in [0.1, 0.15) is 12.6 Å². The van der Waals surface area contributed by atoms with Gasteiger partial charge in [-0.1, -0.05) is 6.92 Å². The van der Waals surface area contributed by atoms with Crippen LogP contribution in [0.4, 0.5) is 4.79 Å². The number of carbonyl (C=O) groups excluding carboxylic acids is 2. The fraction of sp³-hybridized carbons (Fsp3) is 0.769. The molecule has 0 aliphatic carbocycles. The second kappa shape index (κ2) is 7.82. The molecule has 1 aliphatic rings. The van der Waals surface area contributed by atoms with Gasteiger partial charge in [0.2, 0.25) is 5.91 Å². The Bertz CT molecular complexity index is 401. The number of hydrogen-bond acceptors (Lipinski definition) is 4. The van der Waals surface area contributed by atoms with Gasteiger partial charge in [-0.05, 0) is 6.42 Å². The Labute approximate surface area is 124 Å². The number of amides is 3. The highest BCUT2D eigenvalue weighted by Gasteiger charge is 2.41. The Morgan fingerprint density at radius 2 is 2.10 bits per heavy atom. The molecule has 2 atom stereocenters. The largest absolute Gasteiger partial charge is 0.480 e. The van der Waals surface area contributed by atoms with Gasteiger partial charge < -0.3 is 25.0 Å². The van der Waals surface area contributed by atoms with Crippen LogP contribution in [0.1, 0.15) is 19.8 Å². The number of likely N-dealkylation sites (tertiary alicyclic amines) is 1. The van der Waals surface area contributed by atoms with Crippen LogP contribution in [0.5, 0.6) is 0 Å². The molecular formula is C13H23N3O5. The molecule has 8 nitrogen and oxygen atoms in total. The maximum absolute atomic E-state index is 12.5. The third-order valence-corrected chi connectivity index (χ3v) is 3.50. The first-order valence-corrected chi connectivity index (χ1v) is 6.96. The van der Waals surface area contributed by atoms with Gasteiger partial charge in [0, 0.05) is 33.7 Å². The summed E-state index contributed by atoms with van der Waals surface area (Å²) in [5, 5.41) is 11.7. The van der Waals surface area contributed by atoms with E-state index in [1.54, 1.807) is 0 Å². The molecule has 2 N–H and O–H groups in total. The van der Waals surface area contributed by atoms with Gasteiger partial charge in [-0.25, -0.2) is 9.59 Å². The molecule has 1 aliphatic heterocycles. The summed E-state index contributed by atoms with van der Waals surface area (Å²) in [6, 6.07) is -1.35. The lowest BCUT2D eigenvalue weighted by Crippen LogP contribution is -2.50. The number of ether oxygens (including phenoxy) is 1. The van der Waals surface area contributed by atoms with Crippen LogP contribution in [0, 0.1) is 0 Å². The zero-order valence-electron chi connectivity index (χ0n) is 12.7. The summed E-state index contributed by atoms with van der Waals surface area (Å²) < 4.78 is 5.16. The van der Waals surface area contributed by atoms with Crippen LogP contribution in [0.15, 0.2) is 0 Å². The molecule has 0 aromatic carbocycles. The molecule has 1 heterocycles. The van der Waals surface area contributed by atoms with E-state index in [0.717, 1.165) is 0 Å². The molecule has 1 rings (SSSR count). The van der Waals surface area contributed by atoms with Crippen molar-refractivity contribution in [3.8, 4) is 0 Å². The summed E-state index contributed by atoms with van der Waals surface area (Å²) in [6.45, 7) is 2.43. The number of carbonyl (C=O) groups is 3. The van der Waals surface area contributed by atoms with E-state index in [1.807, 2.05) is 6.92 Å². The summed E-state index contributed by atoms with van der Waals surface area (Å²) in [5.41, 5.74) is 0. The second-order valence-corrected chi connectivity index (χ2v) is 4.98. The molecule has 2 unspecified atom stereocenters. The van der Waals surface area contributed by atoms with E-state index in [1.165, 1.54) is 24.0 Å². The molecule has 1 saturated heterocycles. The third kappa shape index (κ3) is 4.32. The molecule has 0 bridgehead atoms. The fourth-order valence-electron chi connectivity index (χ4n) is 2.36. The lowest BCUT2D eigenvalue weighted by atomic mass is 10.2. The molecule has 0 aromatic heterocycles. The minimum absolute atomic E-state index is 0.0797. The number of aliphatic carboxylic acids is 1. The van der Waals surface area contributed by atoms with Crippen molar-refractivity contribution < 1.29 is 24.2 Å². The average Bonchev–Trinajstić information content (AvgIpc) is 2.90. The molecular weight excluding hydrogens is 278 g/mol. The molecule has 0 saturated carbocycles. The van der Waals surface area contributed by atoms with Gasteiger partial charge in [-0.2, -0.15) is 0 Å². The van der Waals surface area contributed by atoms with Crippen molar-refractivity contribution in [1.82, 2.24) is 15.1 Å². The number of carboxylic acids is 1. The first kappa shape index (κ1) is 17.2. The van der Waals surface area contributed by atoms with Crippen LogP contribution in [0.3, 0.4) is 0 Å². The smallest absolute Gasteiger partial charge is 0.326 e. The van der Waals surface area contributed by atoms with Crippen LogP contribution in [0.2, 0.25) is 0 Å². The average molecular weight is 301 g/mol. The van der Waals surface area contributed by atoms with Crippen LogP contribution >= 0.6 is 0 Å². The number of nitrogens with zero attached hydrogens (tertiary/aromatic N) is 2. The van der Waals surface area contributed by atoms with Gasteiger partial charge >= 0.3 is 12.0 Å². The van der Waals surface area contributed by atoms with E-state index in [-0.39, 0.29) is 31.5 Å². The van der Waals surface area contributed by atoms with Crippen molar-refractivity contribution in [3.05, 3.63) is 0 Å². The highest BCUT2D eigenvalue weighted by Crippen LogP contribution is 2.22. The van der Waals surface area contributed by atoms with Gasteiger partial charge in [-0.3, -0.25) is 4.79 Å². The fourth-order valence-corrected chi connectivity index (χ4v) is 2.36. The van der Waals surface area contributed by atoms with E-state index in [9.17, 15) is 19.5 Å². The van der Waals surface area contributed by atoms with Crippen LogP contribution < -0.4 is 5.32 Å². The third-order valence-electron chi connectivity index (χ3n) is 3.50. The minimum Gasteiger partial charge on any atom is -0.480 e. The van der Waals surface area contributed by atoms with E-state index in [0.29, 0.717) is 13.0 Å². The van der Waals surface area contributed by atoms with Gasteiger partial charge in [-0.15, -0.1) is 0 Å². The van der Waals surface area contributed by atoms with Gasteiger partial charge in [0.15, 0.2) is 0 Å². The number of carboxylic acid groups (broad SMARTS) is 1. The summed E-state index contributed by atoms with van der Waals surface area (Å²) in [7, 11) is 2.99. The Kier molecular flexibility index (Phi) is 6.41. The topological polar surface area (TPSA) is 99.2 Å². The first-order chi connectivity index (χ1) is 9.94. The van der Waals surface area contributed by atoms with Crippen LogP contribution in [-0.4, -0.2) is 78.8 Å². The normalized spacial score (nSPS) is 21.2. The van der Waals surface area contributed by atoms with Crippen LogP contribution in [-0.2, 0) is 14.3 Å². The molecule has 3 amide bonds. The highest BCUT2D eigenvalue weighted by molar-refractivity contribution is 5.87. The van der Waals surface area contributed by atoms with Crippen molar-refractivity contribution in [2.45, 2.75) is 31.9 Å². The monoisotopic (exact) mass is 301 g/mol.